The fourth-order valence-corrected chi connectivity index (χ4v) is 2.64. The van der Waals surface area contributed by atoms with Crippen LogP contribution in [0, 0.1) is 11.3 Å². The number of methoxy groups -OCH3 is 1. The molecule has 100 valence electrons. The summed E-state index contributed by atoms with van der Waals surface area (Å²) in [4.78, 5) is 14.4. The summed E-state index contributed by atoms with van der Waals surface area (Å²) in [5.74, 6) is 0.750. The molecule has 0 radical (unpaired) electrons. The lowest BCUT2D eigenvalue weighted by Gasteiger charge is -2.38. The molecule has 0 bridgehead atoms. The number of carbonyl (C=O) groups excluding carboxylic acids is 1. The Labute approximate surface area is 105 Å². The number of ether oxygens (including phenoxy) is 1. The Bertz CT molecular complexity index is 242. The van der Waals surface area contributed by atoms with Gasteiger partial charge in [-0.25, -0.2) is 0 Å². The third-order valence-corrected chi connectivity index (χ3v) is 3.42. The van der Waals surface area contributed by atoms with E-state index in [0.717, 1.165) is 32.5 Å². The number of nitrogens with one attached hydrogen (secondary N) is 1. The van der Waals surface area contributed by atoms with E-state index in [1.807, 2.05) is 11.9 Å². The zero-order valence-corrected chi connectivity index (χ0v) is 11.6. The van der Waals surface area contributed by atoms with E-state index >= 15 is 0 Å². The molecule has 1 fully saturated rings. The summed E-state index contributed by atoms with van der Waals surface area (Å²) in [7, 11) is 3.58. The molecule has 4 heteroatoms. The van der Waals surface area contributed by atoms with Crippen LogP contribution in [0.25, 0.3) is 0 Å². The van der Waals surface area contributed by atoms with Gasteiger partial charge < -0.3 is 15.0 Å². The molecular weight excluding hydrogens is 216 g/mol. The van der Waals surface area contributed by atoms with Gasteiger partial charge in [0.2, 0.25) is 5.91 Å². The van der Waals surface area contributed by atoms with Crippen LogP contribution < -0.4 is 5.32 Å². The lowest BCUT2D eigenvalue weighted by atomic mass is 9.78. The molecule has 1 heterocycles. The predicted octanol–water partition coefficient (Wildman–Crippen LogP) is 1.12. The van der Waals surface area contributed by atoms with Gasteiger partial charge in [0.1, 0.15) is 0 Å². The van der Waals surface area contributed by atoms with Gasteiger partial charge in [0.15, 0.2) is 0 Å². The molecule has 1 amide bonds. The molecule has 1 rings (SSSR count). The highest BCUT2D eigenvalue weighted by Crippen LogP contribution is 2.31. The van der Waals surface area contributed by atoms with E-state index in [1.54, 1.807) is 7.11 Å². The standard InChI is InChI=1S/C13H26N2O2/c1-11(2)9-15(3)12(16)13(10-17-4)5-7-14-8-6-13/h11,14H,5-10H2,1-4H3. The minimum absolute atomic E-state index is 0.245. The largest absolute Gasteiger partial charge is 0.384 e. The minimum Gasteiger partial charge on any atom is -0.384 e. The Morgan fingerprint density at radius 2 is 2.00 bits per heavy atom. The van der Waals surface area contributed by atoms with Crippen LogP contribution in [0.3, 0.4) is 0 Å². The number of carbonyl (C=O) groups is 1. The highest BCUT2D eigenvalue weighted by atomic mass is 16.5. The van der Waals surface area contributed by atoms with Crippen LogP contribution in [0.4, 0.5) is 0 Å². The maximum absolute atomic E-state index is 12.6. The van der Waals surface area contributed by atoms with Crippen molar-refractivity contribution < 1.29 is 9.53 Å². The van der Waals surface area contributed by atoms with Gasteiger partial charge in [-0.1, -0.05) is 13.8 Å². The van der Waals surface area contributed by atoms with E-state index in [1.165, 1.54) is 0 Å². The monoisotopic (exact) mass is 242 g/mol. The summed E-state index contributed by atoms with van der Waals surface area (Å²) in [6.45, 7) is 7.44. The first-order valence-corrected chi connectivity index (χ1v) is 6.47. The fraction of sp³-hybridized carbons (Fsp3) is 0.923. The van der Waals surface area contributed by atoms with Crippen LogP contribution in [0.1, 0.15) is 26.7 Å². The average Bonchev–Trinajstić information content (AvgIpc) is 2.28. The second-order valence-corrected chi connectivity index (χ2v) is 5.54. The van der Waals surface area contributed by atoms with Crippen molar-refractivity contribution in [3.63, 3.8) is 0 Å². The van der Waals surface area contributed by atoms with Crippen molar-refractivity contribution in [1.29, 1.82) is 0 Å². The van der Waals surface area contributed by atoms with Gasteiger partial charge in [-0.05, 0) is 31.8 Å². The van der Waals surface area contributed by atoms with Gasteiger partial charge >= 0.3 is 0 Å². The summed E-state index contributed by atoms with van der Waals surface area (Å²) in [5.41, 5.74) is -0.302. The van der Waals surface area contributed by atoms with Crippen LogP contribution in [0.15, 0.2) is 0 Å². The molecule has 0 aromatic heterocycles. The van der Waals surface area contributed by atoms with E-state index in [2.05, 4.69) is 19.2 Å². The first-order valence-electron chi connectivity index (χ1n) is 6.47. The second kappa shape index (κ2) is 6.36. The quantitative estimate of drug-likeness (QED) is 0.785. The fourth-order valence-electron chi connectivity index (χ4n) is 2.64. The number of piperidine rings is 1. The molecule has 17 heavy (non-hydrogen) atoms. The summed E-state index contributed by atoms with van der Waals surface area (Å²) < 4.78 is 5.29. The molecule has 0 aromatic carbocycles. The topological polar surface area (TPSA) is 41.6 Å². The third-order valence-electron chi connectivity index (χ3n) is 3.42. The van der Waals surface area contributed by atoms with Gasteiger partial charge in [0.25, 0.3) is 0 Å². The Kier molecular flexibility index (Phi) is 5.40. The predicted molar refractivity (Wildman–Crippen MR) is 68.9 cm³/mol. The summed E-state index contributed by atoms with van der Waals surface area (Å²) >= 11 is 0. The van der Waals surface area contributed by atoms with Gasteiger partial charge in [-0.2, -0.15) is 0 Å². The number of hydrogen-bond donors (Lipinski definition) is 1. The molecule has 1 N–H and O–H groups in total. The minimum atomic E-state index is -0.302. The zero-order chi connectivity index (χ0) is 12.9. The van der Waals surface area contributed by atoms with Crippen LogP contribution in [-0.2, 0) is 9.53 Å². The lowest BCUT2D eigenvalue weighted by molar-refractivity contribution is -0.146. The molecule has 0 unspecified atom stereocenters. The molecule has 4 nitrogen and oxygen atoms in total. The molecule has 0 saturated carbocycles. The second-order valence-electron chi connectivity index (χ2n) is 5.54. The van der Waals surface area contributed by atoms with E-state index in [4.69, 9.17) is 4.74 Å². The van der Waals surface area contributed by atoms with Gasteiger partial charge in [0, 0.05) is 20.7 Å². The highest BCUT2D eigenvalue weighted by molar-refractivity contribution is 5.82. The van der Waals surface area contributed by atoms with E-state index in [9.17, 15) is 4.79 Å². The van der Waals surface area contributed by atoms with Crippen LogP contribution in [0.2, 0.25) is 0 Å². The van der Waals surface area contributed by atoms with Crippen molar-refractivity contribution in [2.24, 2.45) is 11.3 Å². The SMILES string of the molecule is COCC1(C(=O)N(C)CC(C)C)CCNCC1. The maximum Gasteiger partial charge on any atom is 0.230 e. The number of amides is 1. The highest BCUT2D eigenvalue weighted by Gasteiger charge is 2.41. The maximum atomic E-state index is 12.6. The van der Waals surface area contributed by atoms with E-state index in [0.29, 0.717) is 12.5 Å². The smallest absolute Gasteiger partial charge is 0.230 e. The molecule has 1 aliphatic heterocycles. The van der Waals surface area contributed by atoms with Crippen molar-refractivity contribution in [1.82, 2.24) is 10.2 Å². The Balaban J connectivity index is 2.71. The van der Waals surface area contributed by atoms with Crippen molar-refractivity contribution in [3.05, 3.63) is 0 Å². The summed E-state index contributed by atoms with van der Waals surface area (Å²) in [6.07, 6.45) is 1.75. The van der Waals surface area contributed by atoms with Gasteiger partial charge in [-0.3, -0.25) is 4.79 Å². The van der Waals surface area contributed by atoms with Crippen molar-refractivity contribution in [2.75, 3.05) is 40.4 Å². The average molecular weight is 242 g/mol. The van der Waals surface area contributed by atoms with Gasteiger partial charge in [-0.15, -0.1) is 0 Å². The molecule has 0 aliphatic carbocycles. The summed E-state index contributed by atoms with van der Waals surface area (Å²) in [5, 5.41) is 3.31. The first-order chi connectivity index (χ1) is 8.02. The lowest BCUT2D eigenvalue weighted by Crippen LogP contribution is -2.51. The van der Waals surface area contributed by atoms with Crippen LogP contribution in [0.5, 0.6) is 0 Å². The molecule has 1 saturated heterocycles. The Morgan fingerprint density at radius 3 is 2.47 bits per heavy atom. The number of nitrogens with zero attached hydrogens (tertiary/aromatic N) is 1. The molecule has 0 aromatic rings. The Hall–Kier alpha value is -0.610. The Morgan fingerprint density at radius 1 is 1.41 bits per heavy atom. The van der Waals surface area contributed by atoms with E-state index in [-0.39, 0.29) is 11.3 Å². The molecule has 0 spiro atoms. The zero-order valence-electron chi connectivity index (χ0n) is 11.6. The molecule has 0 atom stereocenters. The van der Waals surface area contributed by atoms with Crippen molar-refractivity contribution in [2.45, 2.75) is 26.7 Å². The van der Waals surface area contributed by atoms with Gasteiger partial charge in [0.05, 0.1) is 12.0 Å². The third kappa shape index (κ3) is 3.68. The number of rotatable bonds is 5. The normalized spacial score (nSPS) is 19.4. The van der Waals surface area contributed by atoms with Crippen LogP contribution in [-0.4, -0.2) is 51.2 Å². The van der Waals surface area contributed by atoms with E-state index < -0.39 is 0 Å². The van der Waals surface area contributed by atoms with Crippen molar-refractivity contribution >= 4 is 5.91 Å². The van der Waals surface area contributed by atoms with Crippen molar-refractivity contribution in [3.8, 4) is 0 Å². The molecular formula is C13H26N2O2. The molecule has 1 aliphatic rings. The first kappa shape index (κ1) is 14.5. The summed E-state index contributed by atoms with van der Waals surface area (Å²) in [6, 6.07) is 0. The van der Waals surface area contributed by atoms with Crippen LogP contribution >= 0.6 is 0 Å². The number of hydrogen-bond acceptors (Lipinski definition) is 3.